The number of amides is 2. The number of fused-ring (bicyclic) bond motifs is 2. The molecule has 2 amide bonds. The molecule has 0 saturated carbocycles. The number of hydrogen-bond acceptors (Lipinski definition) is 3. The lowest BCUT2D eigenvalue weighted by molar-refractivity contribution is 0.128. The zero-order chi connectivity index (χ0) is 21.0. The van der Waals surface area contributed by atoms with E-state index >= 15 is 0 Å². The van der Waals surface area contributed by atoms with Crippen LogP contribution < -0.4 is 5.32 Å². The first-order valence-corrected chi connectivity index (χ1v) is 12.0. The molecule has 3 aliphatic heterocycles. The summed E-state index contributed by atoms with van der Waals surface area (Å²) in [4.78, 5) is 22.0. The number of urea groups is 1. The summed E-state index contributed by atoms with van der Waals surface area (Å²) >= 11 is 0. The van der Waals surface area contributed by atoms with E-state index < -0.39 is 0 Å². The van der Waals surface area contributed by atoms with E-state index in [0.717, 1.165) is 64.6 Å². The Morgan fingerprint density at radius 2 is 1.61 bits per heavy atom. The number of nitrogens with one attached hydrogen (secondary N) is 1. The van der Waals surface area contributed by atoms with E-state index in [1.54, 1.807) is 0 Å². The van der Waals surface area contributed by atoms with E-state index in [4.69, 9.17) is 0 Å². The van der Waals surface area contributed by atoms with Crippen LogP contribution in [-0.4, -0.2) is 58.6 Å². The first kappa shape index (κ1) is 20.5. The maximum atomic E-state index is 13.2. The molecule has 3 aliphatic rings. The van der Waals surface area contributed by atoms with Crippen molar-refractivity contribution in [3.63, 3.8) is 0 Å². The van der Waals surface area contributed by atoms with Gasteiger partial charge < -0.3 is 15.1 Å². The standard InChI is InChI=1S/C26H34N4O/c31-26(28-23-11-16-29(17-12-23)15-10-20-8-13-27-14-9-20)30-24-6-7-25(30)19-22(18-24)21-4-2-1-3-5-21/h1-5,8-9,13-14,22-25H,6-7,10-12,15-19H2,(H,28,31)/t22?,24-,25+. The number of likely N-dealkylation sites (tertiary alicyclic amines) is 1. The summed E-state index contributed by atoms with van der Waals surface area (Å²) in [5.74, 6) is 0.603. The minimum atomic E-state index is 0.189. The highest BCUT2D eigenvalue weighted by Gasteiger charge is 2.43. The molecule has 3 saturated heterocycles. The largest absolute Gasteiger partial charge is 0.335 e. The van der Waals surface area contributed by atoms with Crippen molar-refractivity contribution in [2.75, 3.05) is 19.6 Å². The third-order valence-corrected chi connectivity index (χ3v) is 7.62. The smallest absolute Gasteiger partial charge is 0.318 e. The molecule has 1 unspecified atom stereocenters. The van der Waals surface area contributed by atoms with Crippen LogP contribution in [0.5, 0.6) is 0 Å². The summed E-state index contributed by atoms with van der Waals surface area (Å²) in [5, 5.41) is 3.39. The average molecular weight is 419 g/mol. The number of rotatable bonds is 5. The molecule has 31 heavy (non-hydrogen) atoms. The van der Waals surface area contributed by atoms with Gasteiger partial charge in [-0.3, -0.25) is 4.98 Å². The van der Waals surface area contributed by atoms with Crippen molar-refractivity contribution in [3.8, 4) is 0 Å². The number of nitrogens with zero attached hydrogens (tertiary/aromatic N) is 3. The van der Waals surface area contributed by atoms with Gasteiger partial charge in [0.05, 0.1) is 0 Å². The Kier molecular flexibility index (Phi) is 6.21. The maximum Gasteiger partial charge on any atom is 0.318 e. The van der Waals surface area contributed by atoms with E-state index in [2.05, 4.69) is 62.6 Å². The van der Waals surface area contributed by atoms with Crippen LogP contribution in [0.15, 0.2) is 54.9 Å². The van der Waals surface area contributed by atoms with Crippen LogP contribution in [0.3, 0.4) is 0 Å². The fourth-order valence-corrected chi connectivity index (χ4v) is 5.89. The van der Waals surface area contributed by atoms with Gasteiger partial charge in [-0.15, -0.1) is 0 Å². The Balaban J connectivity index is 1.09. The summed E-state index contributed by atoms with van der Waals surface area (Å²) in [7, 11) is 0. The maximum absolute atomic E-state index is 13.2. The second-order valence-electron chi connectivity index (χ2n) is 9.54. The van der Waals surface area contributed by atoms with Crippen molar-refractivity contribution < 1.29 is 4.79 Å². The van der Waals surface area contributed by atoms with Crippen LogP contribution in [0.4, 0.5) is 4.79 Å². The molecule has 1 aromatic heterocycles. The highest BCUT2D eigenvalue weighted by Crippen LogP contribution is 2.43. The van der Waals surface area contributed by atoms with Gasteiger partial charge in [0.1, 0.15) is 0 Å². The molecule has 2 aromatic rings. The van der Waals surface area contributed by atoms with Crippen LogP contribution >= 0.6 is 0 Å². The molecule has 5 rings (SSSR count). The van der Waals surface area contributed by atoms with Crippen molar-refractivity contribution in [2.24, 2.45) is 0 Å². The molecule has 3 fully saturated rings. The van der Waals surface area contributed by atoms with Gasteiger partial charge in [-0.25, -0.2) is 4.79 Å². The van der Waals surface area contributed by atoms with Gasteiger partial charge in [0, 0.05) is 50.2 Å². The van der Waals surface area contributed by atoms with Crippen molar-refractivity contribution in [2.45, 2.75) is 69.0 Å². The first-order chi connectivity index (χ1) is 15.3. The van der Waals surface area contributed by atoms with Crippen molar-refractivity contribution in [3.05, 3.63) is 66.0 Å². The van der Waals surface area contributed by atoms with Crippen LogP contribution in [0.25, 0.3) is 0 Å². The molecule has 2 bridgehead atoms. The number of benzene rings is 1. The normalized spacial score (nSPS) is 26.7. The van der Waals surface area contributed by atoms with Gasteiger partial charge in [-0.2, -0.15) is 0 Å². The van der Waals surface area contributed by atoms with Crippen molar-refractivity contribution in [1.82, 2.24) is 20.1 Å². The van der Waals surface area contributed by atoms with E-state index in [-0.39, 0.29) is 6.03 Å². The fraction of sp³-hybridized carbons (Fsp3) is 0.538. The number of piperidine rings is 2. The molecule has 5 heteroatoms. The topological polar surface area (TPSA) is 48.5 Å². The Hall–Kier alpha value is -2.40. The van der Waals surface area contributed by atoms with Crippen LogP contribution in [0.1, 0.15) is 55.6 Å². The summed E-state index contributed by atoms with van der Waals surface area (Å²) < 4.78 is 0. The van der Waals surface area contributed by atoms with Gasteiger partial charge in [-0.05, 0) is 74.1 Å². The summed E-state index contributed by atoms with van der Waals surface area (Å²) in [6.45, 7) is 3.22. The molecule has 164 valence electrons. The third-order valence-electron chi connectivity index (χ3n) is 7.62. The highest BCUT2D eigenvalue weighted by molar-refractivity contribution is 5.76. The fourth-order valence-electron chi connectivity index (χ4n) is 5.89. The molecule has 0 spiro atoms. The number of aromatic nitrogens is 1. The average Bonchev–Trinajstić information content (AvgIpc) is 3.09. The number of hydrogen-bond donors (Lipinski definition) is 1. The van der Waals surface area contributed by atoms with E-state index in [0.29, 0.717) is 24.0 Å². The molecule has 1 N–H and O–H groups in total. The second-order valence-corrected chi connectivity index (χ2v) is 9.54. The van der Waals surface area contributed by atoms with Crippen LogP contribution in [-0.2, 0) is 6.42 Å². The summed E-state index contributed by atoms with van der Waals surface area (Å²) in [6, 6.07) is 16.4. The molecule has 0 aliphatic carbocycles. The molecule has 3 atom stereocenters. The van der Waals surface area contributed by atoms with Gasteiger partial charge >= 0.3 is 6.03 Å². The molecule has 0 radical (unpaired) electrons. The third kappa shape index (κ3) is 4.77. The Morgan fingerprint density at radius 3 is 2.29 bits per heavy atom. The van der Waals surface area contributed by atoms with Gasteiger partial charge in [-0.1, -0.05) is 30.3 Å². The Morgan fingerprint density at radius 1 is 0.935 bits per heavy atom. The van der Waals surface area contributed by atoms with E-state index in [1.165, 1.54) is 11.1 Å². The lowest BCUT2D eigenvalue weighted by atomic mass is 9.85. The van der Waals surface area contributed by atoms with Gasteiger partial charge in [0.2, 0.25) is 0 Å². The molecular weight excluding hydrogens is 384 g/mol. The Bertz CT molecular complexity index is 836. The van der Waals surface area contributed by atoms with Gasteiger partial charge in [0.25, 0.3) is 0 Å². The number of carbonyl (C=O) groups is 1. The number of pyridine rings is 1. The quantitative estimate of drug-likeness (QED) is 0.791. The highest BCUT2D eigenvalue weighted by atomic mass is 16.2. The van der Waals surface area contributed by atoms with Crippen LogP contribution in [0, 0.1) is 0 Å². The molecule has 4 heterocycles. The predicted octanol–water partition coefficient (Wildman–Crippen LogP) is 4.21. The number of carbonyl (C=O) groups excluding carboxylic acids is 1. The molecule has 1 aromatic carbocycles. The van der Waals surface area contributed by atoms with Crippen LogP contribution in [0.2, 0.25) is 0 Å². The molecule has 5 nitrogen and oxygen atoms in total. The SMILES string of the molecule is O=C(NC1CCN(CCc2ccncc2)CC1)N1[C@@H]2CC[C@H]1CC(c1ccccc1)C2. The van der Waals surface area contributed by atoms with E-state index in [9.17, 15) is 4.79 Å². The second kappa shape index (κ2) is 9.39. The van der Waals surface area contributed by atoms with Crippen molar-refractivity contribution in [1.29, 1.82) is 0 Å². The Labute approximate surface area is 185 Å². The minimum Gasteiger partial charge on any atom is -0.335 e. The lowest BCUT2D eigenvalue weighted by Crippen LogP contribution is -2.54. The monoisotopic (exact) mass is 418 g/mol. The zero-order valence-corrected chi connectivity index (χ0v) is 18.3. The lowest BCUT2D eigenvalue weighted by Gasteiger charge is -2.40. The summed E-state index contributed by atoms with van der Waals surface area (Å²) in [5.41, 5.74) is 2.79. The molecular formula is C26H34N4O. The summed E-state index contributed by atoms with van der Waals surface area (Å²) in [6.07, 6.45) is 11.5. The van der Waals surface area contributed by atoms with Crippen molar-refractivity contribution >= 4 is 6.03 Å². The minimum absolute atomic E-state index is 0.189. The first-order valence-electron chi connectivity index (χ1n) is 12.0. The zero-order valence-electron chi connectivity index (χ0n) is 18.3. The van der Waals surface area contributed by atoms with E-state index in [1.807, 2.05) is 12.4 Å². The predicted molar refractivity (Wildman–Crippen MR) is 123 cm³/mol. The van der Waals surface area contributed by atoms with Gasteiger partial charge in [0.15, 0.2) is 0 Å².